The maximum atomic E-state index is 11.2. The fourth-order valence-corrected chi connectivity index (χ4v) is 2.99. The molecule has 0 aromatic carbocycles. The number of carbonyl (C=O) groups is 1. The summed E-state index contributed by atoms with van der Waals surface area (Å²) in [4.78, 5) is 21.7. The summed E-state index contributed by atoms with van der Waals surface area (Å²) in [6.07, 6.45) is 6.91. The zero-order valence-corrected chi connectivity index (χ0v) is 11.6. The van der Waals surface area contributed by atoms with Gasteiger partial charge in [-0.05, 0) is 19.8 Å². The number of carboxylic acids is 1. The van der Waals surface area contributed by atoms with Crippen LogP contribution in [0.2, 0.25) is 0 Å². The zero-order chi connectivity index (χ0) is 13.9. The van der Waals surface area contributed by atoms with Gasteiger partial charge in [0, 0.05) is 18.8 Å². The van der Waals surface area contributed by atoms with Crippen molar-refractivity contribution in [2.45, 2.75) is 51.0 Å². The van der Waals surface area contributed by atoms with Crippen molar-refractivity contribution in [3.8, 4) is 0 Å². The van der Waals surface area contributed by atoms with E-state index in [9.17, 15) is 9.90 Å². The summed E-state index contributed by atoms with van der Waals surface area (Å²) in [7, 11) is 1.95. The van der Waals surface area contributed by atoms with E-state index in [0.29, 0.717) is 0 Å². The minimum absolute atomic E-state index is 0.173. The molecule has 104 valence electrons. The summed E-state index contributed by atoms with van der Waals surface area (Å²) in [5.41, 5.74) is 0.600. The van der Waals surface area contributed by atoms with Gasteiger partial charge in [0.2, 0.25) is 0 Å². The highest BCUT2D eigenvalue weighted by molar-refractivity contribution is 5.69. The SMILES string of the molecule is Cc1cc(N(C)C2(CC(=O)O)CCCCC2)ncn1. The number of nitrogens with zero attached hydrogens (tertiary/aromatic N) is 3. The van der Waals surface area contributed by atoms with Crippen LogP contribution < -0.4 is 4.90 Å². The molecule has 19 heavy (non-hydrogen) atoms. The van der Waals surface area contributed by atoms with Crippen molar-refractivity contribution in [2.24, 2.45) is 0 Å². The van der Waals surface area contributed by atoms with Crippen molar-refractivity contribution in [3.63, 3.8) is 0 Å². The van der Waals surface area contributed by atoms with Gasteiger partial charge in [0.25, 0.3) is 0 Å². The fraction of sp³-hybridized carbons (Fsp3) is 0.643. The molecule has 1 heterocycles. The van der Waals surface area contributed by atoms with E-state index in [1.807, 2.05) is 20.0 Å². The number of anilines is 1. The first-order valence-corrected chi connectivity index (χ1v) is 6.78. The highest BCUT2D eigenvalue weighted by atomic mass is 16.4. The van der Waals surface area contributed by atoms with Gasteiger partial charge < -0.3 is 10.0 Å². The second-order valence-electron chi connectivity index (χ2n) is 5.43. The van der Waals surface area contributed by atoms with Gasteiger partial charge in [-0.1, -0.05) is 19.3 Å². The van der Waals surface area contributed by atoms with Crippen molar-refractivity contribution in [1.29, 1.82) is 0 Å². The zero-order valence-electron chi connectivity index (χ0n) is 11.6. The van der Waals surface area contributed by atoms with Gasteiger partial charge >= 0.3 is 5.97 Å². The third kappa shape index (κ3) is 3.03. The molecule has 5 nitrogen and oxygen atoms in total. The van der Waals surface area contributed by atoms with E-state index < -0.39 is 5.97 Å². The van der Waals surface area contributed by atoms with E-state index in [1.54, 1.807) is 6.33 Å². The number of aromatic nitrogens is 2. The number of hydrogen-bond acceptors (Lipinski definition) is 4. The molecule has 0 bridgehead atoms. The molecule has 0 amide bonds. The average Bonchev–Trinajstić information content (AvgIpc) is 2.38. The standard InChI is InChI=1S/C14H21N3O2/c1-11-8-12(16-10-15-11)17(2)14(9-13(18)19)6-4-3-5-7-14/h8,10H,3-7,9H2,1-2H3,(H,18,19). The Kier molecular flexibility index (Phi) is 4.02. The molecule has 0 aliphatic heterocycles. The molecule has 1 N–H and O–H groups in total. The predicted molar refractivity (Wildman–Crippen MR) is 73.2 cm³/mol. The van der Waals surface area contributed by atoms with E-state index in [2.05, 4.69) is 14.9 Å². The third-order valence-corrected chi connectivity index (χ3v) is 4.11. The molecule has 1 fully saturated rings. The summed E-state index contributed by atoms with van der Waals surface area (Å²) in [6.45, 7) is 1.92. The second kappa shape index (κ2) is 5.55. The van der Waals surface area contributed by atoms with E-state index in [4.69, 9.17) is 0 Å². The van der Waals surface area contributed by atoms with Crippen molar-refractivity contribution in [1.82, 2.24) is 9.97 Å². The van der Waals surface area contributed by atoms with Crippen molar-refractivity contribution < 1.29 is 9.90 Å². The first kappa shape index (κ1) is 13.8. The van der Waals surface area contributed by atoms with Crippen LogP contribution in [0.25, 0.3) is 0 Å². The molecule has 0 atom stereocenters. The van der Waals surface area contributed by atoms with Gasteiger partial charge in [0.05, 0.1) is 12.0 Å². The lowest BCUT2D eigenvalue weighted by Crippen LogP contribution is -2.50. The Morgan fingerprint density at radius 2 is 2.05 bits per heavy atom. The van der Waals surface area contributed by atoms with Gasteiger partial charge in [0.1, 0.15) is 12.1 Å². The van der Waals surface area contributed by atoms with Gasteiger partial charge in [-0.2, -0.15) is 0 Å². The molecule has 1 saturated carbocycles. The van der Waals surface area contributed by atoms with Crippen LogP contribution in [0.15, 0.2) is 12.4 Å². The Hall–Kier alpha value is -1.65. The number of carboxylic acid groups (broad SMARTS) is 1. The summed E-state index contributed by atoms with van der Waals surface area (Å²) in [5.74, 6) is 0.0789. The highest BCUT2D eigenvalue weighted by Crippen LogP contribution is 2.37. The van der Waals surface area contributed by atoms with Crippen LogP contribution in [0.5, 0.6) is 0 Å². The van der Waals surface area contributed by atoms with Crippen LogP contribution in [0, 0.1) is 6.92 Å². The number of aliphatic carboxylic acids is 1. The second-order valence-corrected chi connectivity index (χ2v) is 5.43. The molecule has 5 heteroatoms. The number of aryl methyl sites for hydroxylation is 1. The topological polar surface area (TPSA) is 66.3 Å². The van der Waals surface area contributed by atoms with Crippen molar-refractivity contribution in [2.75, 3.05) is 11.9 Å². The van der Waals surface area contributed by atoms with Crippen molar-refractivity contribution in [3.05, 3.63) is 18.1 Å². The molecule has 1 aromatic heterocycles. The Morgan fingerprint density at radius 1 is 1.37 bits per heavy atom. The fourth-order valence-electron chi connectivity index (χ4n) is 2.99. The molecule has 0 radical (unpaired) electrons. The average molecular weight is 263 g/mol. The van der Waals surface area contributed by atoms with Crippen LogP contribution in [0.4, 0.5) is 5.82 Å². The van der Waals surface area contributed by atoms with Crippen molar-refractivity contribution >= 4 is 11.8 Å². The molecule has 1 aliphatic carbocycles. The summed E-state index contributed by atoms with van der Waals surface area (Å²) >= 11 is 0. The highest BCUT2D eigenvalue weighted by Gasteiger charge is 2.38. The van der Waals surface area contributed by atoms with Gasteiger partial charge in [0.15, 0.2) is 0 Å². The maximum absolute atomic E-state index is 11.2. The summed E-state index contributed by atoms with van der Waals surface area (Å²) in [5, 5.41) is 9.22. The largest absolute Gasteiger partial charge is 0.481 e. The molecular formula is C14H21N3O2. The number of rotatable bonds is 4. The Bertz CT molecular complexity index is 456. The first-order chi connectivity index (χ1) is 9.03. The lowest BCUT2D eigenvalue weighted by molar-refractivity contribution is -0.138. The smallest absolute Gasteiger partial charge is 0.305 e. The third-order valence-electron chi connectivity index (χ3n) is 4.11. The molecule has 0 saturated heterocycles. The Labute approximate surface area is 113 Å². The Balaban J connectivity index is 2.29. The lowest BCUT2D eigenvalue weighted by atomic mass is 9.78. The van der Waals surface area contributed by atoms with Gasteiger partial charge in [-0.15, -0.1) is 0 Å². The predicted octanol–water partition coefficient (Wildman–Crippen LogP) is 2.40. The minimum atomic E-state index is -0.737. The minimum Gasteiger partial charge on any atom is -0.481 e. The monoisotopic (exact) mass is 263 g/mol. The maximum Gasteiger partial charge on any atom is 0.305 e. The quantitative estimate of drug-likeness (QED) is 0.903. The molecule has 0 spiro atoms. The lowest BCUT2D eigenvalue weighted by Gasteiger charge is -2.44. The van der Waals surface area contributed by atoms with Crippen LogP contribution in [0.1, 0.15) is 44.2 Å². The van der Waals surface area contributed by atoms with Gasteiger partial charge in [-0.25, -0.2) is 9.97 Å². The molecular weight excluding hydrogens is 242 g/mol. The molecule has 2 rings (SSSR count). The van der Waals surface area contributed by atoms with Gasteiger partial charge in [-0.3, -0.25) is 4.79 Å². The van der Waals surface area contributed by atoms with E-state index in [1.165, 1.54) is 6.42 Å². The van der Waals surface area contributed by atoms with E-state index in [-0.39, 0.29) is 12.0 Å². The Morgan fingerprint density at radius 3 is 2.63 bits per heavy atom. The molecule has 0 unspecified atom stereocenters. The summed E-state index contributed by atoms with van der Waals surface area (Å²) < 4.78 is 0. The molecule has 1 aliphatic rings. The van der Waals surface area contributed by atoms with E-state index >= 15 is 0 Å². The van der Waals surface area contributed by atoms with Crippen LogP contribution >= 0.6 is 0 Å². The summed E-state index contributed by atoms with van der Waals surface area (Å²) in [6, 6.07) is 1.91. The van der Waals surface area contributed by atoms with Crippen LogP contribution in [-0.2, 0) is 4.79 Å². The molecule has 1 aromatic rings. The van der Waals surface area contributed by atoms with Crippen LogP contribution in [-0.4, -0.2) is 33.6 Å². The number of hydrogen-bond donors (Lipinski definition) is 1. The van der Waals surface area contributed by atoms with Crippen LogP contribution in [0.3, 0.4) is 0 Å². The first-order valence-electron chi connectivity index (χ1n) is 6.78. The normalized spacial score (nSPS) is 18.0. The van der Waals surface area contributed by atoms with E-state index in [0.717, 1.165) is 37.2 Å².